The molecule has 0 radical (unpaired) electrons. The number of thiazole rings is 1. The molecule has 0 spiro atoms. The van der Waals surface area contributed by atoms with Gasteiger partial charge in [0.25, 0.3) is 0 Å². The molecule has 0 aliphatic rings. The number of carbonyl (C=O) groups excluding carboxylic acids is 1. The Morgan fingerprint density at radius 3 is 2.71 bits per heavy atom. The van der Waals surface area contributed by atoms with E-state index in [1.165, 1.54) is 0 Å². The van der Waals surface area contributed by atoms with E-state index in [1.807, 2.05) is 0 Å². The van der Waals surface area contributed by atoms with E-state index in [0.717, 1.165) is 11.3 Å². The van der Waals surface area contributed by atoms with Crippen LogP contribution in [0.2, 0.25) is 0 Å². The van der Waals surface area contributed by atoms with Crippen LogP contribution in [0, 0.1) is 0 Å². The zero-order valence-electron chi connectivity index (χ0n) is 8.42. The van der Waals surface area contributed by atoms with Crippen LogP contribution in [-0.2, 0) is 14.9 Å². The Morgan fingerprint density at radius 1 is 1.64 bits per heavy atom. The van der Waals surface area contributed by atoms with Crippen molar-refractivity contribution in [3.63, 3.8) is 0 Å². The fourth-order valence-corrected chi connectivity index (χ4v) is 1.75. The van der Waals surface area contributed by atoms with Gasteiger partial charge in [-0.3, -0.25) is 9.59 Å². The van der Waals surface area contributed by atoms with Gasteiger partial charge in [0.05, 0.1) is 6.61 Å². The van der Waals surface area contributed by atoms with Crippen LogP contribution < -0.4 is 4.87 Å². The Bertz CT molecular complexity index is 377. The van der Waals surface area contributed by atoms with Gasteiger partial charge in [0.15, 0.2) is 0 Å². The van der Waals surface area contributed by atoms with E-state index in [2.05, 4.69) is 4.98 Å². The van der Waals surface area contributed by atoms with Gasteiger partial charge in [-0.1, -0.05) is 11.3 Å². The molecular formula is C9H13NO3S. The van der Waals surface area contributed by atoms with Crippen molar-refractivity contribution in [1.82, 2.24) is 4.98 Å². The van der Waals surface area contributed by atoms with Crippen LogP contribution in [0.5, 0.6) is 0 Å². The van der Waals surface area contributed by atoms with Gasteiger partial charge in [-0.2, -0.15) is 0 Å². The normalized spacial score (nSPS) is 11.4. The van der Waals surface area contributed by atoms with Gasteiger partial charge in [0, 0.05) is 11.1 Å². The second kappa shape index (κ2) is 3.96. The first-order valence-corrected chi connectivity index (χ1v) is 5.22. The van der Waals surface area contributed by atoms with Crippen molar-refractivity contribution in [2.24, 2.45) is 0 Å². The molecular weight excluding hydrogens is 202 g/mol. The third-order valence-corrected chi connectivity index (χ3v) is 2.65. The van der Waals surface area contributed by atoms with E-state index in [9.17, 15) is 9.59 Å². The molecule has 14 heavy (non-hydrogen) atoms. The quantitative estimate of drug-likeness (QED) is 0.773. The number of aromatic nitrogens is 1. The lowest BCUT2D eigenvalue weighted by Crippen LogP contribution is -2.32. The summed E-state index contributed by atoms with van der Waals surface area (Å²) in [5.41, 5.74) is -0.180. The van der Waals surface area contributed by atoms with Crippen LogP contribution in [-0.4, -0.2) is 17.6 Å². The van der Waals surface area contributed by atoms with Gasteiger partial charge in [-0.05, 0) is 20.8 Å². The Labute approximate surface area is 85.9 Å². The van der Waals surface area contributed by atoms with Crippen molar-refractivity contribution >= 4 is 17.3 Å². The maximum atomic E-state index is 11.5. The van der Waals surface area contributed by atoms with Gasteiger partial charge in [0.1, 0.15) is 5.41 Å². The highest BCUT2D eigenvalue weighted by atomic mass is 32.1. The van der Waals surface area contributed by atoms with Crippen LogP contribution in [0.15, 0.2) is 10.2 Å². The zero-order chi connectivity index (χ0) is 10.8. The van der Waals surface area contributed by atoms with E-state index in [1.54, 1.807) is 26.2 Å². The Kier molecular flexibility index (Phi) is 3.10. The number of nitrogens with one attached hydrogen (secondary N) is 1. The summed E-state index contributed by atoms with van der Waals surface area (Å²) < 4.78 is 4.91. The highest BCUT2D eigenvalue weighted by molar-refractivity contribution is 7.07. The molecule has 4 nitrogen and oxygen atoms in total. The molecule has 0 aliphatic heterocycles. The van der Waals surface area contributed by atoms with Crippen LogP contribution in [0.3, 0.4) is 0 Å². The molecule has 0 bridgehead atoms. The minimum Gasteiger partial charge on any atom is -0.465 e. The van der Waals surface area contributed by atoms with Crippen molar-refractivity contribution in [2.45, 2.75) is 26.2 Å². The lowest BCUT2D eigenvalue weighted by atomic mass is 9.90. The lowest BCUT2D eigenvalue weighted by molar-refractivity contribution is -0.148. The average Bonchev–Trinajstić information content (AvgIpc) is 2.52. The summed E-state index contributed by atoms with van der Waals surface area (Å²) >= 11 is 1.05. The van der Waals surface area contributed by atoms with Crippen LogP contribution in [0.1, 0.15) is 26.5 Å². The number of rotatable bonds is 3. The van der Waals surface area contributed by atoms with E-state index >= 15 is 0 Å². The van der Waals surface area contributed by atoms with Crippen molar-refractivity contribution in [2.75, 3.05) is 6.61 Å². The molecule has 1 aromatic heterocycles. The predicted molar refractivity (Wildman–Crippen MR) is 54.6 cm³/mol. The van der Waals surface area contributed by atoms with Crippen LogP contribution in [0.4, 0.5) is 0 Å². The average molecular weight is 215 g/mol. The molecule has 0 saturated heterocycles. The molecule has 0 amide bonds. The van der Waals surface area contributed by atoms with Gasteiger partial charge in [-0.15, -0.1) is 0 Å². The molecule has 1 heterocycles. The van der Waals surface area contributed by atoms with Gasteiger partial charge in [-0.25, -0.2) is 0 Å². The van der Waals surface area contributed by atoms with E-state index in [4.69, 9.17) is 4.74 Å². The third-order valence-electron chi connectivity index (χ3n) is 1.98. The summed E-state index contributed by atoms with van der Waals surface area (Å²) in [5.74, 6) is -0.325. The number of ether oxygens (including phenoxy) is 1. The molecule has 78 valence electrons. The summed E-state index contributed by atoms with van der Waals surface area (Å²) in [5, 5.41) is 1.65. The zero-order valence-corrected chi connectivity index (χ0v) is 9.23. The minimum absolute atomic E-state index is 0.155. The first kappa shape index (κ1) is 11.0. The highest BCUT2D eigenvalue weighted by Crippen LogP contribution is 2.22. The number of hydrogen-bond donors (Lipinski definition) is 1. The molecule has 1 rings (SSSR count). The van der Waals surface area contributed by atoms with E-state index < -0.39 is 5.41 Å². The monoisotopic (exact) mass is 215 g/mol. The van der Waals surface area contributed by atoms with Crippen molar-refractivity contribution < 1.29 is 9.53 Å². The SMILES string of the molecule is CCOC(=O)C(C)(C)c1csc(=O)[nH]1. The topological polar surface area (TPSA) is 59.2 Å². The van der Waals surface area contributed by atoms with E-state index in [-0.39, 0.29) is 10.8 Å². The van der Waals surface area contributed by atoms with Crippen LogP contribution in [0.25, 0.3) is 0 Å². The maximum Gasteiger partial charge on any atom is 0.317 e. The Balaban J connectivity index is 2.95. The second-order valence-corrected chi connectivity index (χ2v) is 4.25. The van der Waals surface area contributed by atoms with Gasteiger partial charge < -0.3 is 9.72 Å². The second-order valence-electron chi connectivity index (χ2n) is 3.41. The van der Waals surface area contributed by atoms with E-state index in [0.29, 0.717) is 12.3 Å². The molecule has 1 N–H and O–H groups in total. The smallest absolute Gasteiger partial charge is 0.317 e. The fraction of sp³-hybridized carbons (Fsp3) is 0.556. The number of carbonyl (C=O) groups is 1. The maximum absolute atomic E-state index is 11.5. The van der Waals surface area contributed by atoms with Crippen molar-refractivity contribution in [1.29, 1.82) is 0 Å². The summed E-state index contributed by atoms with van der Waals surface area (Å²) in [6.07, 6.45) is 0. The molecule has 0 atom stereocenters. The number of H-pyrrole nitrogens is 1. The number of hydrogen-bond acceptors (Lipinski definition) is 4. The molecule has 0 aliphatic carbocycles. The minimum atomic E-state index is -0.783. The standard InChI is InChI=1S/C9H13NO3S/c1-4-13-7(11)9(2,3)6-5-14-8(12)10-6/h5H,4H2,1-3H3,(H,10,12). The van der Waals surface area contributed by atoms with Gasteiger partial charge in [0.2, 0.25) is 0 Å². The lowest BCUT2D eigenvalue weighted by Gasteiger charge is -2.20. The summed E-state index contributed by atoms with van der Waals surface area (Å²) in [6.45, 7) is 5.55. The molecule has 5 heteroatoms. The summed E-state index contributed by atoms with van der Waals surface area (Å²) in [7, 11) is 0. The largest absolute Gasteiger partial charge is 0.465 e. The predicted octanol–water partition coefficient (Wildman–Crippen LogP) is 1.28. The summed E-state index contributed by atoms with van der Waals surface area (Å²) in [4.78, 5) is 24.9. The highest BCUT2D eigenvalue weighted by Gasteiger charge is 2.32. The van der Waals surface area contributed by atoms with Crippen LogP contribution >= 0.6 is 11.3 Å². The first-order valence-electron chi connectivity index (χ1n) is 4.34. The third kappa shape index (κ3) is 2.04. The molecule has 0 saturated carbocycles. The van der Waals surface area contributed by atoms with Crippen molar-refractivity contribution in [3.8, 4) is 0 Å². The number of esters is 1. The fourth-order valence-electron chi connectivity index (χ4n) is 1.01. The molecule has 0 aromatic carbocycles. The molecule has 0 fully saturated rings. The van der Waals surface area contributed by atoms with Crippen molar-refractivity contribution in [3.05, 3.63) is 20.7 Å². The summed E-state index contributed by atoms with van der Waals surface area (Å²) in [6, 6.07) is 0. The molecule has 1 aromatic rings. The first-order chi connectivity index (χ1) is 6.48. The Morgan fingerprint density at radius 2 is 2.29 bits per heavy atom. The Hall–Kier alpha value is -1.10. The molecule has 0 unspecified atom stereocenters. The van der Waals surface area contributed by atoms with Gasteiger partial charge >= 0.3 is 10.8 Å². The number of aromatic amines is 1.